The lowest BCUT2D eigenvalue weighted by molar-refractivity contribution is 0.151. The largest absolute Gasteiger partial charge is 0.265 e. The minimum absolute atomic E-state index is 0.0520. The van der Waals surface area contributed by atoms with Gasteiger partial charge >= 0.3 is 0 Å². The van der Waals surface area contributed by atoms with Crippen LogP contribution in [0, 0.1) is 6.42 Å². The Hall–Kier alpha value is -1.95. The van der Waals surface area contributed by atoms with E-state index in [9.17, 15) is 17.2 Å². The highest BCUT2D eigenvalue weighted by molar-refractivity contribution is 7.92. The normalized spacial score (nSPS) is 19.1. The summed E-state index contributed by atoms with van der Waals surface area (Å²) in [6.07, 6.45) is 3.46. The molecule has 4 rings (SSSR count). The van der Waals surface area contributed by atoms with Gasteiger partial charge in [0, 0.05) is 17.5 Å². The minimum atomic E-state index is -3.79. The molecule has 0 unspecified atom stereocenters. The van der Waals surface area contributed by atoms with Gasteiger partial charge in [0.2, 0.25) is 0 Å². The molecule has 26 heavy (non-hydrogen) atoms. The number of hydrogen-bond donors (Lipinski definition) is 0. The molecule has 2 aromatic carbocycles. The number of fused-ring (bicyclic) bond motifs is 2. The summed E-state index contributed by atoms with van der Waals surface area (Å²) in [5.74, 6) is 0. The summed E-state index contributed by atoms with van der Waals surface area (Å²) in [7, 11) is -3.79. The molecule has 1 saturated carbocycles. The molecule has 0 amide bonds. The predicted octanol–water partition coefficient (Wildman–Crippen LogP) is 4.85. The van der Waals surface area contributed by atoms with Crippen LogP contribution in [0.25, 0.3) is 0 Å². The van der Waals surface area contributed by atoms with Crippen molar-refractivity contribution in [1.29, 1.82) is 0 Å². The van der Waals surface area contributed by atoms with Crippen molar-refractivity contribution in [2.75, 3.05) is 10.8 Å². The van der Waals surface area contributed by atoms with Crippen LogP contribution in [0.3, 0.4) is 0 Å². The molecule has 1 radical (unpaired) electrons. The number of benzene rings is 2. The third kappa shape index (κ3) is 2.71. The van der Waals surface area contributed by atoms with Crippen molar-refractivity contribution in [2.24, 2.45) is 0 Å². The van der Waals surface area contributed by atoms with E-state index in [0.717, 1.165) is 31.2 Å². The number of para-hydroxylation sites is 1. The van der Waals surface area contributed by atoms with Crippen LogP contribution in [-0.4, -0.2) is 15.0 Å². The Labute approximate surface area is 152 Å². The average Bonchev–Trinajstić information content (AvgIpc) is 2.97. The fourth-order valence-corrected chi connectivity index (χ4v) is 5.74. The van der Waals surface area contributed by atoms with Gasteiger partial charge in [-0.25, -0.2) is 17.2 Å². The van der Waals surface area contributed by atoms with Crippen molar-refractivity contribution in [1.82, 2.24) is 0 Å². The first-order valence-corrected chi connectivity index (χ1v) is 10.2. The van der Waals surface area contributed by atoms with Crippen molar-refractivity contribution in [3.05, 3.63) is 66.1 Å². The van der Waals surface area contributed by atoms with Crippen molar-refractivity contribution in [2.45, 2.75) is 42.4 Å². The number of nitrogens with zero attached hydrogens (tertiary/aromatic N) is 1. The first-order chi connectivity index (χ1) is 12.4. The molecule has 0 N–H and O–H groups in total. The van der Waals surface area contributed by atoms with Crippen LogP contribution in [0.1, 0.15) is 43.2 Å². The number of anilines is 1. The van der Waals surface area contributed by atoms with Gasteiger partial charge in [0.25, 0.3) is 16.4 Å². The van der Waals surface area contributed by atoms with Gasteiger partial charge in [-0.2, -0.15) is 0 Å². The van der Waals surface area contributed by atoms with Crippen LogP contribution in [0.2, 0.25) is 0 Å². The van der Waals surface area contributed by atoms with Crippen molar-refractivity contribution < 1.29 is 17.2 Å². The summed E-state index contributed by atoms with van der Waals surface area (Å²) in [5, 5.41) is 0. The van der Waals surface area contributed by atoms with Gasteiger partial charge in [0.05, 0.1) is 10.6 Å². The summed E-state index contributed by atoms with van der Waals surface area (Å²) >= 11 is 0. The molecule has 2 aromatic rings. The molecule has 6 heteroatoms. The Bertz CT molecular complexity index is 904. The van der Waals surface area contributed by atoms with Crippen LogP contribution < -0.4 is 4.31 Å². The maximum atomic E-state index is 13.2. The predicted molar refractivity (Wildman–Crippen MR) is 96.8 cm³/mol. The van der Waals surface area contributed by atoms with Gasteiger partial charge in [0.15, 0.2) is 0 Å². The van der Waals surface area contributed by atoms with Gasteiger partial charge in [0.1, 0.15) is 0 Å². The second-order valence-corrected chi connectivity index (χ2v) is 8.91. The molecule has 1 spiro atoms. The maximum absolute atomic E-state index is 13.2. The zero-order chi connectivity index (χ0) is 18.4. The fourth-order valence-electron chi connectivity index (χ4n) is 4.17. The van der Waals surface area contributed by atoms with E-state index < -0.39 is 16.4 Å². The van der Waals surface area contributed by atoms with Crippen LogP contribution in [0.4, 0.5) is 14.5 Å². The minimum Gasteiger partial charge on any atom is -0.265 e. The lowest BCUT2D eigenvalue weighted by atomic mass is 9.71. The molecule has 1 aliphatic carbocycles. The molecule has 0 aromatic heterocycles. The molecular formula is C20H20F2NO2S. The van der Waals surface area contributed by atoms with Crippen LogP contribution in [0.15, 0.2) is 53.4 Å². The highest BCUT2D eigenvalue weighted by Gasteiger charge is 2.46. The molecule has 0 atom stereocenters. The SMILES string of the molecule is O=S(=O)(c1ccc(C(F)F)cc1)N1CC2(CC[CH]CC2)c2ccccc21. The van der Waals surface area contributed by atoms with E-state index in [0.29, 0.717) is 12.2 Å². The number of hydrogen-bond acceptors (Lipinski definition) is 2. The van der Waals surface area contributed by atoms with Crippen molar-refractivity contribution in [3.8, 4) is 0 Å². The summed E-state index contributed by atoms with van der Waals surface area (Å²) in [4.78, 5) is 0.0520. The summed E-state index contributed by atoms with van der Waals surface area (Å²) in [6.45, 7) is 0.416. The van der Waals surface area contributed by atoms with Gasteiger partial charge in [-0.1, -0.05) is 30.3 Å². The van der Waals surface area contributed by atoms with E-state index in [1.807, 2.05) is 24.3 Å². The number of alkyl halides is 2. The Morgan fingerprint density at radius 1 is 0.962 bits per heavy atom. The lowest BCUT2D eigenvalue weighted by Gasteiger charge is -2.34. The van der Waals surface area contributed by atoms with Crippen molar-refractivity contribution in [3.63, 3.8) is 0 Å². The van der Waals surface area contributed by atoms with Gasteiger partial charge in [-0.05, 0) is 55.9 Å². The topological polar surface area (TPSA) is 37.4 Å². The number of sulfonamides is 1. The quantitative estimate of drug-likeness (QED) is 0.768. The fraction of sp³-hybridized carbons (Fsp3) is 0.350. The average molecular weight is 376 g/mol. The third-order valence-corrected chi connectivity index (χ3v) is 7.34. The number of halogens is 2. The summed E-state index contributed by atoms with van der Waals surface area (Å²) in [5.41, 5.74) is 1.47. The highest BCUT2D eigenvalue weighted by Crippen LogP contribution is 2.50. The van der Waals surface area contributed by atoms with Gasteiger partial charge < -0.3 is 0 Å². The first-order valence-electron chi connectivity index (χ1n) is 8.76. The maximum Gasteiger partial charge on any atom is 0.264 e. The lowest BCUT2D eigenvalue weighted by Crippen LogP contribution is -2.38. The Balaban J connectivity index is 1.75. The van der Waals surface area contributed by atoms with E-state index in [2.05, 4.69) is 6.42 Å². The third-order valence-electron chi connectivity index (χ3n) is 5.56. The second kappa shape index (κ2) is 6.34. The molecule has 0 saturated heterocycles. The molecule has 1 aliphatic heterocycles. The second-order valence-electron chi connectivity index (χ2n) is 7.04. The van der Waals surface area contributed by atoms with E-state index in [4.69, 9.17) is 0 Å². The van der Waals surface area contributed by atoms with Gasteiger partial charge in [-0.3, -0.25) is 4.31 Å². The van der Waals surface area contributed by atoms with Crippen LogP contribution >= 0.6 is 0 Å². The number of rotatable bonds is 3. The first kappa shape index (κ1) is 17.5. The monoisotopic (exact) mass is 376 g/mol. The molecule has 1 fully saturated rings. The van der Waals surface area contributed by atoms with Gasteiger partial charge in [-0.15, -0.1) is 0 Å². The smallest absolute Gasteiger partial charge is 0.264 e. The van der Waals surface area contributed by atoms with E-state index in [1.165, 1.54) is 28.6 Å². The summed E-state index contributed by atoms with van der Waals surface area (Å²) < 4.78 is 53.5. The zero-order valence-electron chi connectivity index (χ0n) is 14.2. The Morgan fingerprint density at radius 3 is 2.27 bits per heavy atom. The molecule has 2 aliphatic rings. The standard InChI is InChI=1S/C20H20F2NO2S/c21-19(22)15-8-10-16(11-9-15)26(24,25)23-14-20(12-4-1-5-13-20)17-6-2-3-7-18(17)23/h1-3,6-11,19H,4-5,12-14H2. The van der Waals surface area contributed by atoms with Crippen molar-refractivity contribution >= 4 is 15.7 Å². The zero-order valence-corrected chi connectivity index (χ0v) is 15.1. The molecule has 3 nitrogen and oxygen atoms in total. The Morgan fingerprint density at radius 2 is 1.62 bits per heavy atom. The van der Waals surface area contributed by atoms with E-state index >= 15 is 0 Å². The summed E-state index contributed by atoms with van der Waals surface area (Å²) in [6, 6.07) is 12.6. The Kier molecular flexibility index (Phi) is 4.26. The highest BCUT2D eigenvalue weighted by atomic mass is 32.2. The molecule has 1 heterocycles. The van der Waals surface area contributed by atoms with E-state index in [-0.39, 0.29) is 15.9 Å². The van der Waals surface area contributed by atoms with E-state index in [1.54, 1.807) is 0 Å². The molecule has 137 valence electrons. The molecular weight excluding hydrogens is 356 g/mol. The van der Waals surface area contributed by atoms with Crippen LogP contribution in [0.5, 0.6) is 0 Å². The molecule has 0 bridgehead atoms. The van der Waals surface area contributed by atoms with Crippen LogP contribution in [-0.2, 0) is 15.4 Å².